The van der Waals surface area contributed by atoms with Crippen molar-refractivity contribution in [3.63, 3.8) is 0 Å². The van der Waals surface area contributed by atoms with Gasteiger partial charge in [0.05, 0.1) is 28.9 Å². The zero-order valence-electron chi connectivity index (χ0n) is 27.8. The second kappa shape index (κ2) is 12.9. The van der Waals surface area contributed by atoms with Crippen LogP contribution in [0.3, 0.4) is 0 Å². The Hall–Kier alpha value is -6.17. The highest BCUT2D eigenvalue weighted by atomic mass is 19.4. The van der Waals surface area contributed by atoms with E-state index in [1.807, 2.05) is 6.92 Å². The zero-order valence-corrected chi connectivity index (χ0v) is 27.8. The summed E-state index contributed by atoms with van der Waals surface area (Å²) in [5, 5.41) is 21.3. The smallest absolute Gasteiger partial charge is 0.416 e. The lowest BCUT2D eigenvalue weighted by Gasteiger charge is -2.13. The molecule has 1 atom stereocenters. The first-order chi connectivity index (χ1) is 24.1. The largest absolute Gasteiger partial charge is 0.508 e. The van der Waals surface area contributed by atoms with Gasteiger partial charge in [-0.2, -0.15) is 13.2 Å². The number of alkyl halides is 3. The molecule has 0 fully saturated rings. The summed E-state index contributed by atoms with van der Waals surface area (Å²) in [6, 6.07) is 19.2. The van der Waals surface area contributed by atoms with Crippen LogP contribution in [0.4, 0.5) is 13.2 Å². The number of benzene rings is 4. The molecule has 0 saturated heterocycles. The van der Waals surface area contributed by atoms with E-state index in [9.17, 15) is 42.6 Å². The van der Waals surface area contributed by atoms with Crippen LogP contribution in [0.1, 0.15) is 67.2 Å². The highest BCUT2D eigenvalue weighted by Gasteiger charge is 2.32. The third-order valence-corrected chi connectivity index (χ3v) is 9.04. The van der Waals surface area contributed by atoms with Crippen LogP contribution in [0.5, 0.6) is 11.5 Å². The molecule has 51 heavy (non-hydrogen) atoms. The molecule has 12 heteroatoms. The maximum absolute atomic E-state index is 13.6. The van der Waals surface area contributed by atoms with Crippen molar-refractivity contribution in [2.45, 2.75) is 46.2 Å². The van der Waals surface area contributed by atoms with Gasteiger partial charge in [0.15, 0.2) is 0 Å². The number of aromatic nitrogens is 2. The molecule has 2 N–H and O–H groups in total. The van der Waals surface area contributed by atoms with Gasteiger partial charge in [-0.3, -0.25) is 28.3 Å². The van der Waals surface area contributed by atoms with Gasteiger partial charge in [0.1, 0.15) is 11.5 Å². The minimum Gasteiger partial charge on any atom is -0.508 e. The Balaban J connectivity index is 1.30. The topological polar surface area (TPSA) is 128 Å². The molecule has 0 radical (unpaired) electrons. The standard InChI is InChI=1S/C39H31F3N2O7/c1-20-5-7-24(8-6-20)36(48)43-22(3)29(30-17-27(45)13-15-32(30)43)19-34(47)51-38(50)21(2)35-23(4)44(33-16-14-28(46)18-31(33)35)37(49)25-9-11-26(12-10-25)39(40,41)42/h5-18,21,45-46H,19H2,1-4H3. The lowest BCUT2D eigenvalue weighted by molar-refractivity contribution is -0.160. The van der Waals surface area contributed by atoms with Gasteiger partial charge in [-0.25, -0.2) is 0 Å². The van der Waals surface area contributed by atoms with Crippen molar-refractivity contribution in [2.24, 2.45) is 0 Å². The van der Waals surface area contributed by atoms with Gasteiger partial charge < -0.3 is 14.9 Å². The molecule has 0 aliphatic rings. The Morgan fingerprint density at radius 1 is 0.706 bits per heavy atom. The Morgan fingerprint density at radius 3 is 1.75 bits per heavy atom. The van der Waals surface area contributed by atoms with Gasteiger partial charge in [-0.15, -0.1) is 0 Å². The average Bonchev–Trinajstić information content (AvgIpc) is 3.51. The summed E-state index contributed by atoms with van der Waals surface area (Å²) in [6.45, 7) is 6.54. The lowest BCUT2D eigenvalue weighted by atomic mass is 9.98. The van der Waals surface area contributed by atoms with Crippen molar-refractivity contribution in [3.8, 4) is 11.5 Å². The maximum atomic E-state index is 13.6. The first kappa shape index (κ1) is 34.7. The van der Waals surface area contributed by atoms with Crippen LogP contribution in [0.2, 0.25) is 0 Å². The fourth-order valence-electron chi connectivity index (χ4n) is 6.45. The Kier molecular flexibility index (Phi) is 8.80. The van der Waals surface area contributed by atoms with Crippen LogP contribution in [0, 0.1) is 20.8 Å². The first-order valence-corrected chi connectivity index (χ1v) is 15.8. The monoisotopic (exact) mass is 696 g/mol. The summed E-state index contributed by atoms with van der Waals surface area (Å²) in [5.41, 5.74) is 2.42. The van der Waals surface area contributed by atoms with Crippen LogP contribution >= 0.6 is 0 Å². The lowest BCUT2D eigenvalue weighted by Crippen LogP contribution is -2.21. The van der Waals surface area contributed by atoms with Gasteiger partial charge in [0.25, 0.3) is 11.8 Å². The number of rotatable bonds is 6. The van der Waals surface area contributed by atoms with Crippen LogP contribution in [0.25, 0.3) is 21.8 Å². The Morgan fingerprint density at radius 2 is 1.20 bits per heavy atom. The number of hydrogen-bond donors (Lipinski definition) is 2. The van der Waals surface area contributed by atoms with Crippen LogP contribution in [-0.2, 0) is 26.9 Å². The predicted molar refractivity (Wildman–Crippen MR) is 182 cm³/mol. The molecule has 1 unspecified atom stereocenters. The number of carbonyl (C=O) groups excluding carboxylic acids is 4. The molecule has 0 spiro atoms. The SMILES string of the molecule is Cc1ccc(C(=O)n2c(C)c(CC(=O)OC(=O)C(C)c3c(C)n(C(=O)c4ccc(C(F)(F)F)cc4)c4ccc(O)cc34)c3cc(O)ccc32)cc1. The number of ether oxygens (including phenoxy) is 1. The van der Waals surface area contributed by atoms with E-state index in [4.69, 9.17) is 4.74 Å². The summed E-state index contributed by atoms with van der Waals surface area (Å²) < 4.78 is 47.4. The summed E-state index contributed by atoms with van der Waals surface area (Å²) in [7, 11) is 0. The van der Waals surface area contributed by atoms with Gasteiger partial charge >= 0.3 is 18.1 Å². The summed E-state index contributed by atoms with van der Waals surface area (Å²) in [5.74, 6) is -4.34. The van der Waals surface area contributed by atoms with Crippen molar-refractivity contribution in [1.29, 1.82) is 0 Å². The Bertz CT molecular complexity index is 2390. The van der Waals surface area contributed by atoms with Crippen molar-refractivity contribution in [3.05, 3.63) is 130 Å². The molecule has 9 nitrogen and oxygen atoms in total. The third-order valence-electron chi connectivity index (χ3n) is 9.04. The van der Waals surface area contributed by atoms with E-state index in [1.54, 1.807) is 37.3 Å². The molecular formula is C39H31F3N2O7. The molecule has 0 amide bonds. The molecule has 260 valence electrons. The number of aromatic hydroxyl groups is 2. The quantitative estimate of drug-likeness (QED) is 0.135. The molecular weight excluding hydrogens is 665 g/mol. The second-order valence-electron chi connectivity index (χ2n) is 12.4. The van der Waals surface area contributed by atoms with E-state index in [0.717, 1.165) is 29.8 Å². The van der Waals surface area contributed by atoms with Crippen molar-refractivity contribution >= 4 is 45.6 Å². The highest BCUT2D eigenvalue weighted by molar-refractivity contribution is 6.07. The van der Waals surface area contributed by atoms with Crippen LogP contribution in [0.15, 0.2) is 84.9 Å². The molecule has 6 aromatic rings. The van der Waals surface area contributed by atoms with Crippen molar-refractivity contribution < 1.29 is 47.3 Å². The molecule has 4 aromatic carbocycles. The maximum Gasteiger partial charge on any atom is 0.416 e. The minimum absolute atomic E-state index is 0.0468. The van der Waals surface area contributed by atoms with Gasteiger partial charge in [0.2, 0.25) is 0 Å². The number of phenolic OH excluding ortho intramolecular Hbond substituents is 2. The summed E-state index contributed by atoms with van der Waals surface area (Å²) in [4.78, 5) is 54.1. The van der Waals surface area contributed by atoms with E-state index in [2.05, 4.69) is 0 Å². The number of halogens is 3. The summed E-state index contributed by atoms with van der Waals surface area (Å²) >= 11 is 0. The molecule has 0 saturated carbocycles. The molecule has 0 bridgehead atoms. The number of hydrogen-bond acceptors (Lipinski definition) is 7. The number of fused-ring (bicyclic) bond motifs is 2. The molecule has 6 rings (SSSR count). The van der Waals surface area contributed by atoms with Crippen LogP contribution in [-0.4, -0.2) is 43.1 Å². The van der Waals surface area contributed by atoms with Gasteiger partial charge in [0, 0.05) is 33.3 Å². The normalized spacial score (nSPS) is 12.3. The molecule has 2 heterocycles. The molecule has 0 aliphatic carbocycles. The number of esters is 2. The van der Waals surface area contributed by atoms with Crippen LogP contribution < -0.4 is 0 Å². The number of nitrogens with zero attached hydrogens (tertiary/aromatic N) is 2. The van der Waals surface area contributed by atoms with Crippen molar-refractivity contribution in [2.75, 3.05) is 0 Å². The fraction of sp³-hybridized carbons (Fsp3) is 0.179. The Labute approximate surface area is 289 Å². The number of aryl methyl sites for hydroxylation is 1. The highest BCUT2D eigenvalue weighted by Crippen LogP contribution is 2.36. The second-order valence-corrected chi connectivity index (χ2v) is 12.4. The van der Waals surface area contributed by atoms with E-state index >= 15 is 0 Å². The van der Waals surface area contributed by atoms with Gasteiger partial charge in [-0.05, 0) is 112 Å². The number of phenols is 2. The first-order valence-electron chi connectivity index (χ1n) is 15.8. The third kappa shape index (κ3) is 6.36. The van der Waals surface area contributed by atoms with E-state index in [0.29, 0.717) is 33.1 Å². The number of carbonyl (C=O) groups is 4. The fourth-order valence-corrected chi connectivity index (χ4v) is 6.45. The zero-order chi connectivity index (χ0) is 36.9. The van der Waals surface area contributed by atoms with Gasteiger partial charge in [-0.1, -0.05) is 17.7 Å². The average molecular weight is 697 g/mol. The van der Waals surface area contributed by atoms with E-state index < -0.39 is 41.9 Å². The van der Waals surface area contributed by atoms with Crippen molar-refractivity contribution in [1.82, 2.24) is 9.13 Å². The molecule has 2 aromatic heterocycles. The summed E-state index contributed by atoms with van der Waals surface area (Å²) in [6.07, 6.45) is -5.02. The van der Waals surface area contributed by atoms with E-state index in [-0.39, 0.29) is 39.7 Å². The minimum atomic E-state index is -4.59. The molecule has 0 aliphatic heterocycles. The predicted octanol–water partition coefficient (Wildman–Crippen LogP) is 7.74. The van der Waals surface area contributed by atoms with E-state index in [1.165, 1.54) is 53.3 Å².